The summed E-state index contributed by atoms with van der Waals surface area (Å²) in [5, 5.41) is 13.3. The molecule has 4 atom stereocenters. The van der Waals surface area contributed by atoms with Crippen molar-refractivity contribution in [1.82, 2.24) is 10.2 Å². The molecule has 4 rings (SSSR count). The molecule has 4 nitrogen and oxygen atoms in total. The van der Waals surface area contributed by atoms with Crippen LogP contribution >= 0.6 is 0 Å². The number of hydrogen-bond donors (Lipinski definition) is 2. The molecule has 2 heterocycles. The molecule has 2 saturated heterocycles. The van der Waals surface area contributed by atoms with Gasteiger partial charge in [-0.2, -0.15) is 0 Å². The molecule has 0 radical (unpaired) electrons. The largest absolute Gasteiger partial charge is 0.508 e. The van der Waals surface area contributed by atoms with Crippen molar-refractivity contribution in [3.05, 3.63) is 65.7 Å². The Morgan fingerprint density at radius 3 is 2.54 bits per heavy atom. The first kappa shape index (κ1) is 15.6. The van der Waals surface area contributed by atoms with E-state index in [0.29, 0.717) is 6.04 Å². The van der Waals surface area contributed by atoms with Crippen LogP contribution in [-0.2, 0) is 17.0 Å². The highest BCUT2D eigenvalue weighted by atomic mass is 16.5. The third-order valence-electron chi connectivity index (χ3n) is 5.43. The predicted octanol–water partition coefficient (Wildman–Crippen LogP) is 2.83. The highest BCUT2D eigenvalue weighted by molar-refractivity contribution is 5.33. The summed E-state index contributed by atoms with van der Waals surface area (Å²) < 4.78 is 6.44. The quantitative estimate of drug-likeness (QED) is 0.911. The van der Waals surface area contributed by atoms with Gasteiger partial charge in [-0.3, -0.25) is 10.2 Å². The van der Waals surface area contributed by atoms with Crippen molar-refractivity contribution in [1.29, 1.82) is 0 Å². The second-order valence-corrected chi connectivity index (χ2v) is 6.95. The van der Waals surface area contributed by atoms with Gasteiger partial charge in [-0.25, -0.2) is 0 Å². The van der Waals surface area contributed by atoms with Crippen molar-refractivity contribution in [3.63, 3.8) is 0 Å². The summed E-state index contributed by atoms with van der Waals surface area (Å²) in [5.41, 5.74) is 1.87. The molecule has 24 heavy (non-hydrogen) atoms. The fraction of sp³-hybridized carbons (Fsp3) is 0.400. The average Bonchev–Trinajstić information content (AvgIpc) is 2.88. The van der Waals surface area contributed by atoms with Crippen LogP contribution in [0.2, 0.25) is 0 Å². The number of fused-ring (bicyclic) bond motifs is 2. The highest BCUT2D eigenvalue weighted by Gasteiger charge is 2.54. The molecule has 2 bridgehead atoms. The van der Waals surface area contributed by atoms with Crippen LogP contribution in [0.25, 0.3) is 0 Å². The number of aromatic hydroxyl groups is 1. The van der Waals surface area contributed by atoms with Gasteiger partial charge in [0.25, 0.3) is 0 Å². The molecule has 2 fully saturated rings. The SMILES string of the molecule is CC1OC2(c3ccc(O)cc3)NC1CN(Cc1ccccc1)C2C. The van der Waals surface area contributed by atoms with Crippen molar-refractivity contribution in [2.45, 2.75) is 44.3 Å². The smallest absolute Gasteiger partial charge is 0.161 e. The number of rotatable bonds is 3. The maximum absolute atomic E-state index is 9.62. The summed E-state index contributed by atoms with van der Waals surface area (Å²) in [5.74, 6) is 0.280. The Bertz CT molecular complexity index is 699. The van der Waals surface area contributed by atoms with Gasteiger partial charge in [0.05, 0.1) is 12.1 Å². The number of phenolic OH excluding ortho intramolecular Hbond substituents is 1. The number of hydrogen-bond acceptors (Lipinski definition) is 4. The zero-order valence-corrected chi connectivity index (χ0v) is 14.1. The predicted molar refractivity (Wildman–Crippen MR) is 93.6 cm³/mol. The normalized spacial score (nSPS) is 32.8. The summed E-state index contributed by atoms with van der Waals surface area (Å²) in [4.78, 5) is 2.49. The molecule has 2 aliphatic heterocycles. The maximum atomic E-state index is 9.62. The first-order chi connectivity index (χ1) is 11.6. The number of nitrogens with zero attached hydrogens (tertiary/aromatic N) is 1. The monoisotopic (exact) mass is 324 g/mol. The van der Waals surface area contributed by atoms with Crippen molar-refractivity contribution in [2.75, 3.05) is 6.54 Å². The summed E-state index contributed by atoms with van der Waals surface area (Å²) in [6.45, 7) is 6.24. The summed E-state index contributed by atoms with van der Waals surface area (Å²) in [7, 11) is 0. The van der Waals surface area contributed by atoms with Gasteiger partial charge in [0, 0.05) is 24.7 Å². The summed E-state index contributed by atoms with van der Waals surface area (Å²) in [6, 6.07) is 18.4. The average molecular weight is 324 g/mol. The number of nitrogens with one attached hydrogen (secondary N) is 1. The minimum absolute atomic E-state index is 0.155. The van der Waals surface area contributed by atoms with Gasteiger partial charge in [-0.05, 0) is 31.5 Å². The van der Waals surface area contributed by atoms with Gasteiger partial charge in [-0.15, -0.1) is 0 Å². The van der Waals surface area contributed by atoms with Gasteiger partial charge >= 0.3 is 0 Å². The van der Waals surface area contributed by atoms with E-state index in [-0.39, 0.29) is 17.9 Å². The molecular formula is C20H24N2O2. The van der Waals surface area contributed by atoms with Crippen molar-refractivity contribution < 1.29 is 9.84 Å². The van der Waals surface area contributed by atoms with Gasteiger partial charge in [-0.1, -0.05) is 42.5 Å². The van der Waals surface area contributed by atoms with Crippen LogP contribution in [0.5, 0.6) is 5.75 Å². The summed E-state index contributed by atoms with van der Waals surface area (Å²) >= 11 is 0. The molecule has 2 aliphatic rings. The van der Waals surface area contributed by atoms with Crippen LogP contribution in [0.15, 0.2) is 54.6 Å². The van der Waals surface area contributed by atoms with Crippen LogP contribution in [0, 0.1) is 0 Å². The molecule has 2 aromatic carbocycles. The fourth-order valence-corrected chi connectivity index (χ4v) is 4.00. The van der Waals surface area contributed by atoms with Crippen LogP contribution in [0.1, 0.15) is 25.0 Å². The molecular weight excluding hydrogens is 300 g/mol. The zero-order valence-electron chi connectivity index (χ0n) is 14.1. The van der Waals surface area contributed by atoms with Crippen LogP contribution in [-0.4, -0.2) is 34.7 Å². The number of benzene rings is 2. The second kappa shape index (κ2) is 5.88. The zero-order chi connectivity index (χ0) is 16.7. The minimum atomic E-state index is -0.523. The van der Waals surface area contributed by atoms with E-state index in [1.54, 1.807) is 12.1 Å². The van der Waals surface area contributed by atoms with E-state index < -0.39 is 5.72 Å². The standard InChI is InChI=1S/C20H24N2O2/c1-14-19-13-22(12-16-6-4-3-5-7-16)15(2)20(21-19,24-14)17-8-10-18(23)11-9-17/h3-11,14-15,19,21,23H,12-13H2,1-2H3. The molecule has 0 aliphatic carbocycles. The number of phenols is 1. The Hall–Kier alpha value is -1.88. The highest BCUT2D eigenvalue weighted by Crippen LogP contribution is 2.41. The third kappa shape index (κ3) is 2.51. The molecule has 4 unspecified atom stereocenters. The lowest BCUT2D eigenvalue weighted by atomic mass is 9.91. The van der Waals surface area contributed by atoms with Gasteiger partial charge in [0.15, 0.2) is 5.72 Å². The van der Waals surface area contributed by atoms with Crippen molar-refractivity contribution in [2.24, 2.45) is 0 Å². The maximum Gasteiger partial charge on any atom is 0.161 e. The first-order valence-corrected chi connectivity index (χ1v) is 8.61. The Morgan fingerprint density at radius 1 is 1.12 bits per heavy atom. The van der Waals surface area contributed by atoms with Gasteiger partial charge in [0.2, 0.25) is 0 Å². The Morgan fingerprint density at radius 2 is 1.83 bits per heavy atom. The van der Waals surface area contributed by atoms with E-state index in [4.69, 9.17) is 4.74 Å². The molecule has 0 aromatic heterocycles. The fourth-order valence-electron chi connectivity index (χ4n) is 4.00. The molecule has 0 saturated carbocycles. The lowest BCUT2D eigenvalue weighted by molar-refractivity contribution is -0.101. The number of piperazine rings is 1. The van der Waals surface area contributed by atoms with E-state index in [9.17, 15) is 5.11 Å². The summed E-state index contributed by atoms with van der Waals surface area (Å²) in [6.07, 6.45) is 0.155. The van der Waals surface area contributed by atoms with Crippen molar-refractivity contribution in [3.8, 4) is 5.75 Å². The Kier molecular flexibility index (Phi) is 3.83. The molecule has 126 valence electrons. The van der Waals surface area contributed by atoms with Crippen molar-refractivity contribution >= 4 is 0 Å². The molecule has 4 heteroatoms. The van der Waals surface area contributed by atoms with Crippen LogP contribution in [0.3, 0.4) is 0 Å². The molecule has 0 spiro atoms. The third-order valence-corrected chi connectivity index (χ3v) is 5.43. The molecule has 2 aromatic rings. The van der Waals surface area contributed by atoms with E-state index in [1.165, 1.54) is 5.56 Å². The van der Waals surface area contributed by atoms with Gasteiger partial charge in [0.1, 0.15) is 5.75 Å². The molecule has 0 amide bonds. The Labute approximate surface area is 143 Å². The van der Waals surface area contributed by atoms with Gasteiger partial charge < -0.3 is 9.84 Å². The van der Waals surface area contributed by atoms with E-state index in [1.807, 2.05) is 12.1 Å². The molecule has 2 N–H and O–H groups in total. The second-order valence-electron chi connectivity index (χ2n) is 6.95. The number of ether oxygens (including phenoxy) is 1. The first-order valence-electron chi connectivity index (χ1n) is 8.61. The van der Waals surface area contributed by atoms with Crippen LogP contribution in [0.4, 0.5) is 0 Å². The van der Waals surface area contributed by atoms with Crippen LogP contribution < -0.4 is 5.32 Å². The lowest BCUT2D eigenvalue weighted by Gasteiger charge is -2.46. The Balaban J connectivity index is 1.67. The van der Waals surface area contributed by atoms with E-state index in [0.717, 1.165) is 18.7 Å². The van der Waals surface area contributed by atoms with E-state index >= 15 is 0 Å². The van der Waals surface area contributed by atoms with E-state index in [2.05, 4.69) is 54.4 Å². The lowest BCUT2D eigenvalue weighted by Crippen LogP contribution is -2.63. The minimum Gasteiger partial charge on any atom is -0.508 e. The topological polar surface area (TPSA) is 44.7 Å².